The van der Waals surface area contributed by atoms with Crippen LogP contribution in [0.1, 0.15) is 25.7 Å². The molecule has 2 rings (SSSR count). The molecule has 5 nitrogen and oxygen atoms in total. The van der Waals surface area contributed by atoms with Crippen LogP contribution in [-0.4, -0.2) is 28.5 Å². The largest absolute Gasteiger partial charge is 0.368 e. The molecule has 0 radical (unpaired) electrons. The summed E-state index contributed by atoms with van der Waals surface area (Å²) in [5.74, 6) is 0.434. The van der Waals surface area contributed by atoms with E-state index in [2.05, 4.69) is 25.9 Å². The molecule has 1 aromatic heterocycles. The molecule has 17 heavy (non-hydrogen) atoms. The predicted molar refractivity (Wildman–Crippen MR) is 68.5 cm³/mol. The van der Waals surface area contributed by atoms with E-state index in [1.54, 1.807) is 0 Å². The maximum Gasteiger partial charge on any atom is 0.237 e. The number of amides is 1. The lowest BCUT2D eigenvalue weighted by atomic mass is 10.2. The number of anilines is 1. The molecule has 1 aromatic rings. The molecule has 2 N–H and O–H groups in total. The number of nitrogens with zero attached hydrogens (tertiary/aromatic N) is 3. The Morgan fingerprint density at radius 2 is 2.18 bits per heavy atom. The van der Waals surface area contributed by atoms with Crippen LogP contribution in [0.5, 0.6) is 0 Å². The van der Waals surface area contributed by atoms with Gasteiger partial charge in [-0.3, -0.25) is 4.79 Å². The Hall–Kier alpha value is -1.17. The normalized spacial score (nSPS) is 16.1. The first-order valence-electron chi connectivity index (χ1n) is 5.69. The van der Waals surface area contributed by atoms with Crippen molar-refractivity contribution < 1.29 is 4.79 Å². The molecular formula is C11H15BrN4O. The molecule has 0 saturated heterocycles. The van der Waals surface area contributed by atoms with Crippen LogP contribution in [0.2, 0.25) is 0 Å². The van der Waals surface area contributed by atoms with Crippen LogP contribution >= 0.6 is 15.9 Å². The average Bonchev–Trinajstić information content (AvgIpc) is 2.79. The van der Waals surface area contributed by atoms with Crippen molar-refractivity contribution >= 4 is 27.7 Å². The third-order valence-electron chi connectivity index (χ3n) is 3.01. The Bertz CT molecular complexity index is 406. The number of hydrogen-bond acceptors (Lipinski definition) is 4. The number of hydrogen-bond donors (Lipinski definition) is 1. The summed E-state index contributed by atoms with van der Waals surface area (Å²) in [5.41, 5.74) is 5.30. The minimum atomic E-state index is -0.327. The summed E-state index contributed by atoms with van der Waals surface area (Å²) >= 11 is 3.31. The number of carbonyl (C=O) groups is 1. The second-order valence-electron chi connectivity index (χ2n) is 4.23. The van der Waals surface area contributed by atoms with Crippen molar-refractivity contribution in [3.8, 4) is 0 Å². The summed E-state index contributed by atoms with van der Waals surface area (Å²) in [7, 11) is 0. The molecule has 1 fully saturated rings. The summed E-state index contributed by atoms with van der Waals surface area (Å²) < 4.78 is 0.718. The van der Waals surface area contributed by atoms with Gasteiger partial charge in [-0.15, -0.1) is 0 Å². The van der Waals surface area contributed by atoms with Crippen LogP contribution < -0.4 is 10.6 Å². The van der Waals surface area contributed by atoms with Crippen molar-refractivity contribution in [1.29, 1.82) is 0 Å². The minimum Gasteiger partial charge on any atom is -0.368 e. The summed E-state index contributed by atoms with van der Waals surface area (Å²) in [6.07, 6.45) is 6.07. The number of carbonyl (C=O) groups excluding carboxylic acids is 1. The van der Waals surface area contributed by atoms with Crippen molar-refractivity contribution in [2.45, 2.75) is 31.7 Å². The van der Waals surface area contributed by atoms with Gasteiger partial charge in [0.2, 0.25) is 5.91 Å². The van der Waals surface area contributed by atoms with Gasteiger partial charge in [0, 0.05) is 12.1 Å². The highest BCUT2D eigenvalue weighted by Crippen LogP contribution is 2.27. The molecule has 0 unspecified atom stereocenters. The molecule has 1 aliphatic rings. The van der Waals surface area contributed by atoms with Gasteiger partial charge in [0.25, 0.3) is 0 Å². The second-order valence-corrected chi connectivity index (χ2v) is 5.04. The van der Waals surface area contributed by atoms with Crippen LogP contribution in [-0.2, 0) is 4.79 Å². The van der Waals surface area contributed by atoms with Gasteiger partial charge in [0.1, 0.15) is 16.7 Å². The van der Waals surface area contributed by atoms with Crippen molar-refractivity contribution in [1.82, 2.24) is 9.97 Å². The molecule has 6 heteroatoms. The summed E-state index contributed by atoms with van der Waals surface area (Å²) in [5, 5.41) is 0. The van der Waals surface area contributed by atoms with E-state index >= 15 is 0 Å². The monoisotopic (exact) mass is 298 g/mol. The molecule has 1 saturated carbocycles. The molecule has 92 valence electrons. The van der Waals surface area contributed by atoms with Gasteiger partial charge in [-0.05, 0) is 28.8 Å². The van der Waals surface area contributed by atoms with Gasteiger partial charge in [-0.25, -0.2) is 9.97 Å². The van der Waals surface area contributed by atoms with Crippen molar-refractivity contribution in [2.24, 2.45) is 5.73 Å². The third-order valence-corrected chi connectivity index (χ3v) is 3.44. The van der Waals surface area contributed by atoms with Crippen molar-refractivity contribution in [3.63, 3.8) is 0 Å². The highest BCUT2D eigenvalue weighted by Gasteiger charge is 2.25. The van der Waals surface area contributed by atoms with Gasteiger partial charge in [0.05, 0.1) is 6.54 Å². The second kappa shape index (κ2) is 5.44. The molecular weight excluding hydrogens is 284 g/mol. The maximum absolute atomic E-state index is 11.2. The molecule has 1 heterocycles. The highest BCUT2D eigenvalue weighted by molar-refractivity contribution is 9.10. The van der Waals surface area contributed by atoms with Crippen LogP contribution in [0.4, 0.5) is 5.82 Å². The fourth-order valence-electron chi connectivity index (χ4n) is 2.26. The van der Waals surface area contributed by atoms with E-state index in [1.807, 2.05) is 11.0 Å². The number of rotatable bonds is 4. The fraction of sp³-hybridized carbons (Fsp3) is 0.545. The molecule has 0 bridgehead atoms. The number of nitrogens with two attached hydrogens (primary N) is 1. The van der Waals surface area contributed by atoms with E-state index < -0.39 is 0 Å². The van der Waals surface area contributed by atoms with Gasteiger partial charge in [-0.1, -0.05) is 12.8 Å². The first-order chi connectivity index (χ1) is 8.16. The van der Waals surface area contributed by atoms with Gasteiger partial charge < -0.3 is 10.6 Å². The molecule has 0 aliphatic heterocycles. The standard InChI is InChI=1S/C11H15BrN4O/c12-9-5-11(15-7-14-9)16(6-10(13)17)8-3-1-2-4-8/h5,7-8H,1-4,6H2,(H2,13,17). The highest BCUT2D eigenvalue weighted by atomic mass is 79.9. The summed E-state index contributed by atoms with van der Waals surface area (Å²) in [6.45, 7) is 0.216. The molecule has 0 aromatic carbocycles. The minimum absolute atomic E-state index is 0.216. The van der Waals surface area contributed by atoms with Crippen LogP contribution in [0.15, 0.2) is 17.0 Å². The van der Waals surface area contributed by atoms with E-state index in [4.69, 9.17) is 5.73 Å². The zero-order chi connectivity index (χ0) is 12.3. The van der Waals surface area contributed by atoms with Crippen molar-refractivity contribution in [2.75, 3.05) is 11.4 Å². The first-order valence-corrected chi connectivity index (χ1v) is 6.48. The van der Waals surface area contributed by atoms with E-state index in [-0.39, 0.29) is 12.5 Å². The predicted octanol–water partition coefficient (Wildman–Crippen LogP) is 1.47. The SMILES string of the molecule is NC(=O)CN(c1cc(Br)ncn1)C1CCCC1. The quantitative estimate of drug-likeness (QED) is 0.855. The van der Waals surface area contributed by atoms with Gasteiger partial charge >= 0.3 is 0 Å². The fourth-order valence-corrected chi connectivity index (χ4v) is 2.56. The molecule has 0 atom stereocenters. The average molecular weight is 299 g/mol. The first kappa shape index (κ1) is 12.3. The number of halogens is 1. The zero-order valence-corrected chi connectivity index (χ0v) is 11.1. The van der Waals surface area contributed by atoms with Crippen LogP contribution in [0.3, 0.4) is 0 Å². The Kier molecular flexibility index (Phi) is 3.93. The zero-order valence-electron chi connectivity index (χ0n) is 9.47. The molecule has 1 amide bonds. The lowest BCUT2D eigenvalue weighted by Crippen LogP contribution is -2.40. The summed E-state index contributed by atoms with van der Waals surface area (Å²) in [4.78, 5) is 21.3. The van der Waals surface area contributed by atoms with Gasteiger partial charge in [-0.2, -0.15) is 0 Å². The summed E-state index contributed by atoms with van der Waals surface area (Å²) in [6, 6.07) is 2.19. The van der Waals surface area contributed by atoms with E-state index in [1.165, 1.54) is 19.2 Å². The third kappa shape index (κ3) is 3.15. The Morgan fingerprint density at radius 3 is 2.76 bits per heavy atom. The van der Waals surface area contributed by atoms with Crippen LogP contribution in [0.25, 0.3) is 0 Å². The number of aromatic nitrogens is 2. The van der Waals surface area contributed by atoms with E-state index in [0.717, 1.165) is 23.3 Å². The topological polar surface area (TPSA) is 72.1 Å². The molecule has 1 aliphatic carbocycles. The Labute approximate surface area is 109 Å². The Morgan fingerprint density at radius 1 is 1.47 bits per heavy atom. The number of primary amides is 1. The van der Waals surface area contributed by atoms with E-state index in [0.29, 0.717) is 6.04 Å². The lowest BCUT2D eigenvalue weighted by Gasteiger charge is -2.28. The maximum atomic E-state index is 11.2. The van der Waals surface area contributed by atoms with Crippen molar-refractivity contribution in [3.05, 3.63) is 17.0 Å². The van der Waals surface area contributed by atoms with Crippen LogP contribution in [0, 0.1) is 0 Å². The van der Waals surface area contributed by atoms with E-state index in [9.17, 15) is 4.79 Å². The Balaban J connectivity index is 2.22. The lowest BCUT2D eigenvalue weighted by molar-refractivity contribution is -0.116. The molecule has 0 spiro atoms. The smallest absolute Gasteiger partial charge is 0.237 e. The van der Waals surface area contributed by atoms with Gasteiger partial charge in [0.15, 0.2) is 0 Å².